The van der Waals surface area contributed by atoms with Gasteiger partial charge in [-0.2, -0.15) is 5.10 Å². The van der Waals surface area contributed by atoms with E-state index in [-0.39, 0.29) is 18.5 Å². The second-order valence-electron chi connectivity index (χ2n) is 8.39. The Kier molecular flexibility index (Phi) is 9.44. The summed E-state index contributed by atoms with van der Waals surface area (Å²) in [5.41, 5.74) is 3.47. The van der Waals surface area contributed by atoms with Crippen molar-refractivity contribution in [1.29, 1.82) is 0 Å². The molecule has 2 heterocycles. The van der Waals surface area contributed by atoms with Crippen LogP contribution in [0.1, 0.15) is 40.6 Å². The molecule has 11 nitrogen and oxygen atoms in total. The van der Waals surface area contributed by atoms with Crippen LogP contribution in [0.25, 0.3) is 5.69 Å². The summed E-state index contributed by atoms with van der Waals surface area (Å²) in [6, 6.07) is 12.9. The molecule has 0 spiro atoms. The van der Waals surface area contributed by atoms with Crippen LogP contribution in [0.4, 0.5) is 4.79 Å². The molecule has 0 bridgehead atoms. The SMILES string of the molecule is O=C(O)NCCOCCOCCOc1ccc(-n2ncc3c2CCCC3NC(=O)c2ccccn2)cc1. The number of hydrogen-bond acceptors (Lipinski definition) is 7. The Balaban J connectivity index is 1.23. The summed E-state index contributed by atoms with van der Waals surface area (Å²) in [6.45, 7) is 2.16. The van der Waals surface area contributed by atoms with E-state index in [0.29, 0.717) is 38.7 Å². The quantitative estimate of drug-likeness (QED) is 0.299. The van der Waals surface area contributed by atoms with Gasteiger partial charge >= 0.3 is 6.09 Å². The predicted octanol–water partition coefficient (Wildman–Crippen LogP) is 2.75. The summed E-state index contributed by atoms with van der Waals surface area (Å²) in [6.07, 6.45) is 5.09. The minimum Gasteiger partial charge on any atom is -0.491 e. The first-order valence-electron chi connectivity index (χ1n) is 12.3. The predicted molar refractivity (Wildman–Crippen MR) is 134 cm³/mol. The van der Waals surface area contributed by atoms with Crippen LogP contribution in [0.2, 0.25) is 0 Å². The highest BCUT2D eigenvalue weighted by molar-refractivity contribution is 5.92. The van der Waals surface area contributed by atoms with Gasteiger partial charge in [0.1, 0.15) is 18.1 Å². The minimum absolute atomic E-state index is 0.0959. The maximum atomic E-state index is 12.6. The van der Waals surface area contributed by atoms with Crippen molar-refractivity contribution in [2.75, 3.05) is 39.6 Å². The first-order valence-corrected chi connectivity index (χ1v) is 12.3. The third-order valence-electron chi connectivity index (χ3n) is 5.86. The molecule has 1 atom stereocenters. The van der Waals surface area contributed by atoms with Crippen LogP contribution in [-0.4, -0.2) is 71.5 Å². The van der Waals surface area contributed by atoms with E-state index >= 15 is 0 Å². The van der Waals surface area contributed by atoms with Crippen molar-refractivity contribution in [3.63, 3.8) is 0 Å². The Morgan fingerprint density at radius 1 is 1.03 bits per heavy atom. The molecule has 37 heavy (non-hydrogen) atoms. The molecule has 4 rings (SSSR count). The van der Waals surface area contributed by atoms with Crippen LogP contribution >= 0.6 is 0 Å². The van der Waals surface area contributed by atoms with E-state index in [2.05, 4.69) is 20.7 Å². The molecular weight excluding hydrogens is 478 g/mol. The first kappa shape index (κ1) is 26.1. The average molecular weight is 510 g/mol. The molecule has 1 unspecified atom stereocenters. The molecule has 1 aromatic carbocycles. The number of carbonyl (C=O) groups excluding carboxylic acids is 1. The van der Waals surface area contributed by atoms with E-state index in [9.17, 15) is 9.59 Å². The number of carboxylic acid groups (broad SMARTS) is 1. The van der Waals surface area contributed by atoms with Gasteiger partial charge in [-0.1, -0.05) is 6.07 Å². The summed E-state index contributed by atoms with van der Waals surface area (Å²) in [7, 11) is 0. The first-order chi connectivity index (χ1) is 18.1. The topological polar surface area (TPSA) is 137 Å². The summed E-state index contributed by atoms with van der Waals surface area (Å²) in [4.78, 5) is 27.1. The van der Waals surface area contributed by atoms with Crippen molar-refractivity contribution in [3.05, 3.63) is 71.8 Å². The van der Waals surface area contributed by atoms with Crippen LogP contribution < -0.4 is 15.4 Å². The molecule has 0 fully saturated rings. The molecule has 11 heteroatoms. The summed E-state index contributed by atoms with van der Waals surface area (Å²) >= 11 is 0. The Hall–Kier alpha value is -3.96. The molecule has 0 aliphatic heterocycles. The van der Waals surface area contributed by atoms with Crippen LogP contribution in [0.3, 0.4) is 0 Å². The van der Waals surface area contributed by atoms with E-state index < -0.39 is 6.09 Å². The maximum absolute atomic E-state index is 12.6. The number of nitrogens with zero attached hydrogens (tertiary/aromatic N) is 3. The maximum Gasteiger partial charge on any atom is 0.404 e. The highest BCUT2D eigenvalue weighted by Crippen LogP contribution is 2.31. The van der Waals surface area contributed by atoms with Crippen LogP contribution in [0.15, 0.2) is 54.9 Å². The summed E-state index contributed by atoms with van der Waals surface area (Å²) in [5.74, 6) is 0.544. The lowest BCUT2D eigenvalue weighted by Crippen LogP contribution is -2.31. The van der Waals surface area contributed by atoms with Gasteiger partial charge < -0.3 is 30.0 Å². The fourth-order valence-electron chi connectivity index (χ4n) is 4.11. The lowest BCUT2D eigenvalue weighted by Gasteiger charge is -2.24. The largest absolute Gasteiger partial charge is 0.491 e. The van der Waals surface area contributed by atoms with Crippen LogP contribution in [0, 0.1) is 0 Å². The van der Waals surface area contributed by atoms with Gasteiger partial charge in [-0.25, -0.2) is 9.48 Å². The van der Waals surface area contributed by atoms with Crippen molar-refractivity contribution >= 4 is 12.0 Å². The molecule has 0 radical (unpaired) electrons. The molecule has 3 N–H and O–H groups in total. The lowest BCUT2D eigenvalue weighted by molar-refractivity contribution is 0.0373. The number of carbonyl (C=O) groups is 2. The van der Waals surface area contributed by atoms with Gasteiger partial charge in [0.05, 0.1) is 44.4 Å². The molecule has 1 aliphatic carbocycles. The number of ether oxygens (including phenoxy) is 3. The van der Waals surface area contributed by atoms with Crippen molar-refractivity contribution in [2.45, 2.75) is 25.3 Å². The minimum atomic E-state index is -1.06. The van der Waals surface area contributed by atoms with Crippen molar-refractivity contribution in [1.82, 2.24) is 25.4 Å². The fraction of sp³-hybridized carbons (Fsp3) is 0.385. The number of hydrogen-bond donors (Lipinski definition) is 3. The molecule has 0 saturated heterocycles. The van der Waals surface area contributed by atoms with Gasteiger partial charge in [0, 0.05) is 24.0 Å². The molecule has 0 saturated carbocycles. The third kappa shape index (κ3) is 7.51. The van der Waals surface area contributed by atoms with Gasteiger partial charge in [0.15, 0.2) is 0 Å². The van der Waals surface area contributed by atoms with Gasteiger partial charge in [-0.3, -0.25) is 9.78 Å². The number of fused-ring (bicyclic) bond motifs is 1. The van der Waals surface area contributed by atoms with E-state index in [4.69, 9.17) is 19.3 Å². The van der Waals surface area contributed by atoms with E-state index in [0.717, 1.165) is 42.0 Å². The standard InChI is InChI=1S/C26H31N5O6/c32-25(23-4-1-2-11-27-23)30-22-5-3-6-24-21(22)18-29-31(24)19-7-9-20(10-8-19)37-17-16-36-15-14-35-13-12-28-26(33)34/h1-2,4,7-11,18,22,28H,3,5-6,12-17H2,(H,30,32)(H,33,34). The Bertz CT molecular complexity index is 1150. The molecule has 3 aromatic rings. The molecule has 2 aromatic heterocycles. The van der Waals surface area contributed by atoms with E-state index in [1.165, 1.54) is 0 Å². The lowest BCUT2D eigenvalue weighted by atomic mass is 9.92. The molecular formula is C26H31N5O6. The molecule has 1 aliphatic rings. The van der Waals surface area contributed by atoms with Gasteiger partial charge in [0.25, 0.3) is 5.91 Å². The Morgan fingerprint density at radius 3 is 2.57 bits per heavy atom. The highest BCUT2D eigenvalue weighted by Gasteiger charge is 2.26. The smallest absolute Gasteiger partial charge is 0.404 e. The normalized spacial score (nSPS) is 14.5. The van der Waals surface area contributed by atoms with Gasteiger partial charge in [0.2, 0.25) is 0 Å². The van der Waals surface area contributed by atoms with Crippen LogP contribution in [-0.2, 0) is 15.9 Å². The van der Waals surface area contributed by atoms with E-state index in [1.54, 1.807) is 24.4 Å². The molecule has 196 valence electrons. The van der Waals surface area contributed by atoms with Gasteiger partial charge in [-0.15, -0.1) is 0 Å². The Labute approximate surface area is 214 Å². The second kappa shape index (κ2) is 13.4. The summed E-state index contributed by atoms with van der Waals surface area (Å²) in [5, 5.41) is 18.4. The monoisotopic (exact) mass is 509 g/mol. The van der Waals surface area contributed by atoms with Crippen molar-refractivity contribution in [3.8, 4) is 11.4 Å². The average Bonchev–Trinajstić information content (AvgIpc) is 3.35. The summed E-state index contributed by atoms with van der Waals surface area (Å²) < 4.78 is 18.4. The van der Waals surface area contributed by atoms with Crippen molar-refractivity contribution < 1.29 is 28.9 Å². The zero-order valence-corrected chi connectivity index (χ0v) is 20.5. The number of pyridine rings is 1. The zero-order valence-electron chi connectivity index (χ0n) is 20.5. The second-order valence-corrected chi connectivity index (χ2v) is 8.39. The number of nitrogens with one attached hydrogen (secondary N) is 2. The number of amides is 2. The molecule has 2 amide bonds. The zero-order chi connectivity index (χ0) is 25.9. The Morgan fingerprint density at radius 2 is 1.81 bits per heavy atom. The van der Waals surface area contributed by atoms with E-state index in [1.807, 2.05) is 35.1 Å². The van der Waals surface area contributed by atoms with Crippen molar-refractivity contribution in [2.24, 2.45) is 0 Å². The fourth-order valence-corrected chi connectivity index (χ4v) is 4.11. The highest BCUT2D eigenvalue weighted by atomic mass is 16.5. The number of benzene rings is 1. The number of rotatable bonds is 13. The third-order valence-corrected chi connectivity index (χ3v) is 5.86. The van der Waals surface area contributed by atoms with Gasteiger partial charge in [-0.05, 0) is 55.7 Å². The number of aromatic nitrogens is 3. The van der Waals surface area contributed by atoms with Crippen LogP contribution in [0.5, 0.6) is 5.75 Å².